The van der Waals surface area contributed by atoms with Crippen molar-refractivity contribution in [2.24, 2.45) is 0 Å². The average Bonchev–Trinajstić information content (AvgIpc) is 2.44. The number of halogens is 1. The number of sulfonamides is 1. The predicted molar refractivity (Wildman–Crippen MR) is 87.7 cm³/mol. The van der Waals surface area contributed by atoms with E-state index in [1.54, 1.807) is 26.8 Å². The summed E-state index contributed by atoms with van der Waals surface area (Å²) in [5, 5.41) is 9.51. The van der Waals surface area contributed by atoms with Gasteiger partial charge in [0, 0.05) is 6.20 Å². The summed E-state index contributed by atoms with van der Waals surface area (Å²) in [5.74, 6) is -1.21. The minimum absolute atomic E-state index is 0.0377. The zero-order valence-electron chi connectivity index (χ0n) is 12.7. The van der Waals surface area contributed by atoms with E-state index in [1.165, 1.54) is 12.1 Å². The summed E-state index contributed by atoms with van der Waals surface area (Å²) in [6.07, 6.45) is 1.13. The van der Waals surface area contributed by atoms with Crippen LogP contribution in [0.2, 0.25) is 5.15 Å². The van der Waals surface area contributed by atoms with Gasteiger partial charge in [0.2, 0.25) is 0 Å². The third-order valence-corrected chi connectivity index (χ3v) is 4.96. The lowest BCUT2D eigenvalue weighted by molar-refractivity contribution is 0.0698. The first-order chi connectivity index (χ1) is 10.6. The fourth-order valence-electron chi connectivity index (χ4n) is 2.14. The number of pyridine rings is 1. The van der Waals surface area contributed by atoms with Crippen LogP contribution < -0.4 is 4.72 Å². The van der Waals surface area contributed by atoms with E-state index in [1.807, 2.05) is 0 Å². The molecule has 122 valence electrons. The van der Waals surface area contributed by atoms with E-state index in [0.29, 0.717) is 11.1 Å². The second-order valence-corrected chi connectivity index (χ2v) is 7.23. The van der Waals surface area contributed by atoms with Crippen LogP contribution in [0.5, 0.6) is 0 Å². The second kappa shape index (κ2) is 6.17. The van der Waals surface area contributed by atoms with Gasteiger partial charge in [-0.2, -0.15) is 0 Å². The van der Waals surface area contributed by atoms with Gasteiger partial charge in [-0.1, -0.05) is 17.7 Å². The fraction of sp³-hybridized carbons (Fsp3) is 0.200. The number of carboxylic acid groups (broad SMARTS) is 1. The van der Waals surface area contributed by atoms with Crippen molar-refractivity contribution in [1.29, 1.82) is 0 Å². The first-order valence-corrected chi connectivity index (χ1v) is 8.47. The molecule has 0 fully saturated rings. The maximum Gasteiger partial charge on any atom is 0.337 e. The Labute approximate surface area is 139 Å². The molecule has 0 aliphatic heterocycles. The number of aryl methyl sites for hydroxylation is 3. The lowest BCUT2D eigenvalue weighted by Crippen LogP contribution is -2.17. The van der Waals surface area contributed by atoms with Gasteiger partial charge in [0.1, 0.15) is 10.0 Å². The minimum Gasteiger partial charge on any atom is -0.478 e. The van der Waals surface area contributed by atoms with Crippen LogP contribution in [0.25, 0.3) is 0 Å². The lowest BCUT2D eigenvalue weighted by Gasteiger charge is -2.14. The van der Waals surface area contributed by atoms with E-state index in [-0.39, 0.29) is 21.3 Å². The summed E-state index contributed by atoms with van der Waals surface area (Å²) in [6, 6.07) is 4.50. The van der Waals surface area contributed by atoms with E-state index < -0.39 is 16.0 Å². The quantitative estimate of drug-likeness (QED) is 0.822. The molecule has 2 rings (SSSR count). The van der Waals surface area contributed by atoms with Crippen molar-refractivity contribution in [3.63, 3.8) is 0 Å². The van der Waals surface area contributed by atoms with Crippen molar-refractivity contribution in [2.45, 2.75) is 25.7 Å². The van der Waals surface area contributed by atoms with E-state index in [2.05, 4.69) is 9.71 Å². The number of nitrogens with zero attached hydrogens (tertiary/aromatic N) is 1. The van der Waals surface area contributed by atoms with Gasteiger partial charge in [0.15, 0.2) is 0 Å². The first-order valence-electron chi connectivity index (χ1n) is 6.61. The molecule has 0 saturated carbocycles. The van der Waals surface area contributed by atoms with E-state index in [9.17, 15) is 18.3 Å². The number of hydrogen-bond donors (Lipinski definition) is 2. The van der Waals surface area contributed by atoms with Crippen LogP contribution in [0.15, 0.2) is 29.3 Å². The molecular formula is C15H15ClN2O4S. The van der Waals surface area contributed by atoms with Crippen LogP contribution in [0, 0.1) is 20.8 Å². The Morgan fingerprint density at radius 3 is 2.39 bits per heavy atom. The summed E-state index contributed by atoms with van der Waals surface area (Å²) in [7, 11) is -3.98. The van der Waals surface area contributed by atoms with Gasteiger partial charge in [0.05, 0.1) is 11.3 Å². The molecule has 0 aliphatic rings. The van der Waals surface area contributed by atoms with Gasteiger partial charge in [-0.05, 0) is 49.6 Å². The number of anilines is 1. The molecule has 0 radical (unpaired) electrons. The van der Waals surface area contributed by atoms with Gasteiger partial charge in [-0.15, -0.1) is 0 Å². The number of carbonyl (C=O) groups is 1. The van der Waals surface area contributed by atoms with Crippen molar-refractivity contribution >= 4 is 33.3 Å². The third kappa shape index (κ3) is 3.62. The molecule has 0 unspecified atom stereocenters. The number of rotatable bonds is 4. The van der Waals surface area contributed by atoms with Crippen molar-refractivity contribution in [1.82, 2.24) is 4.98 Å². The first kappa shape index (κ1) is 17.2. The van der Waals surface area contributed by atoms with Crippen molar-refractivity contribution in [3.05, 3.63) is 51.8 Å². The number of hydrogen-bond acceptors (Lipinski definition) is 4. The molecule has 1 heterocycles. The van der Waals surface area contributed by atoms with Crippen LogP contribution in [0.3, 0.4) is 0 Å². The summed E-state index contributed by atoms with van der Waals surface area (Å²) >= 11 is 5.80. The van der Waals surface area contributed by atoms with Gasteiger partial charge in [-0.3, -0.25) is 4.72 Å². The molecule has 0 amide bonds. The topological polar surface area (TPSA) is 96.4 Å². The van der Waals surface area contributed by atoms with Gasteiger partial charge in [0.25, 0.3) is 10.0 Å². The molecule has 0 bridgehead atoms. The second-order valence-electron chi connectivity index (χ2n) is 5.19. The summed E-state index contributed by atoms with van der Waals surface area (Å²) in [6.45, 7) is 5.01. The molecule has 1 aromatic heterocycles. The fourth-order valence-corrected chi connectivity index (χ4v) is 3.43. The van der Waals surface area contributed by atoms with Crippen LogP contribution in [0.1, 0.15) is 27.0 Å². The monoisotopic (exact) mass is 354 g/mol. The van der Waals surface area contributed by atoms with Gasteiger partial charge in [-0.25, -0.2) is 18.2 Å². The van der Waals surface area contributed by atoms with Crippen LogP contribution in [0.4, 0.5) is 5.69 Å². The molecule has 0 spiro atoms. The number of carboxylic acids is 1. The SMILES string of the molecule is Cc1cc(C)c(NS(=O)(=O)c2cnc(Cl)c(C)c2)c(C(=O)O)c1. The van der Waals surface area contributed by atoms with Crippen molar-refractivity contribution in [2.75, 3.05) is 4.72 Å². The number of aromatic nitrogens is 1. The Hall–Kier alpha value is -2.12. The summed E-state index contributed by atoms with van der Waals surface area (Å²) in [5.41, 5.74) is 1.69. The molecule has 6 nitrogen and oxygen atoms in total. The van der Waals surface area contributed by atoms with Crippen LogP contribution >= 0.6 is 11.6 Å². The Balaban J connectivity index is 2.53. The van der Waals surface area contributed by atoms with Crippen LogP contribution in [-0.4, -0.2) is 24.5 Å². The van der Waals surface area contributed by atoms with E-state index in [4.69, 9.17) is 11.6 Å². The molecule has 2 N–H and O–H groups in total. The standard InChI is InChI=1S/C15H15ClN2O4S/c1-8-4-9(2)13(12(5-8)15(19)20)18-23(21,22)11-6-10(3)14(16)17-7-11/h4-7,18H,1-3H3,(H,19,20). The number of aromatic carboxylic acids is 1. The lowest BCUT2D eigenvalue weighted by atomic mass is 10.0. The Kier molecular flexibility index (Phi) is 4.63. The van der Waals surface area contributed by atoms with Crippen molar-refractivity contribution in [3.8, 4) is 0 Å². The molecule has 8 heteroatoms. The number of nitrogens with one attached hydrogen (secondary N) is 1. The zero-order chi connectivity index (χ0) is 17.4. The molecule has 0 aliphatic carbocycles. The molecular weight excluding hydrogens is 340 g/mol. The molecule has 23 heavy (non-hydrogen) atoms. The third-order valence-electron chi connectivity index (χ3n) is 3.25. The van der Waals surface area contributed by atoms with Gasteiger partial charge >= 0.3 is 5.97 Å². The zero-order valence-corrected chi connectivity index (χ0v) is 14.3. The average molecular weight is 355 g/mol. The summed E-state index contributed by atoms with van der Waals surface area (Å²) < 4.78 is 27.3. The van der Waals surface area contributed by atoms with Gasteiger partial charge < -0.3 is 5.11 Å². The van der Waals surface area contributed by atoms with E-state index in [0.717, 1.165) is 11.8 Å². The molecule has 2 aromatic rings. The maximum absolute atomic E-state index is 12.5. The minimum atomic E-state index is -3.98. The number of benzene rings is 1. The Morgan fingerprint density at radius 2 is 1.83 bits per heavy atom. The summed E-state index contributed by atoms with van der Waals surface area (Å²) in [4.78, 5) is 15.1. The van der Waals surface area contributed by atoms with E-state index >= 15 is 0 Å². The molecule has 0 saturated heterocycles. The largest absolute Gasteiger partial charge is 0.478 e. The van der Waals surface area contributed by atoms with Crippen LogP contribution in [-0.2, 0) is 10.0 Å². The maximum atomic E-state index is 12.5. The Bertz CT molecular complexity index is 895. The Morgan fingerprint density at radius 1 is 1.17 bits per heavy atom. The smallest absolute Gasteiger partial charge is 0.337 e. The molecule has 1 aromatic carbocycles. The predicted octanol–water partition coefficient (Wildman–Crippen LogP) is 3.16. The molecule has 0 atom stereocenters. The highest BCUT2D eigenvalue weighted by atomic mass is 35.5. The highest BCUT2D eigenvalue weighted by Gasteiger charge is 2.21. The van der Waals surface area contributed by atoms with Crippen molar-refractivity contribution < 1.29 is 18.3 Å². The highest BCUT2D eigenvalue weighted by Crippen LogP contribution is 2.26. The normalized spacial score (nSPS) is 11.3. The highest BCUT2D eigenvalue weighted by molar-refractivity contribution is 7.92.